The van der Waals surface area contributed by atoms with Crippen LogP contribution >= 0.6 is 24.0 Å². The van der Waals surface area contributed by atoms with E-state index in [0.717, 1.165) is 12.5 Å². The van der Waals surface area contributed by atoms with Crippen molar-refractivity contribution in [2.24, 2.45) is 10.9 Å². The van der Waals surface area contributed by atoms with Gasteiger partial charge in [-0.1, -0.05) is 44.3 Å². The van der Waals surface area contributed by atoms with Crippen molar-refractivity contribution in [2.75, 3.05) is 20.1 Å². The van der Waals surface area contributed by atoms with Crippen molar-refractivity contribution >= 4 is 29.9 Å². The monoisotopic (exact) mass is 500 g/mol. The smallest absolute Gasteiger partial charge is 0.276 e. The molecular formula is C20H33IN6O. The molecule has 0 aliphatic rings. The second-order valence-electron chi connectivity index (χ2n) is 6.66. The zero-order valence-corrected chi connectivity index (χ0v) is 19.5. The minimum Gasteiger partial charge on any atom is -0.356 e. The molecule has 1 unspecified atom stereocenters. The molecule has 0 aliphatic heterocycles. The Labute approximate surface area is 185 Å². The third kappa shape index (κ3) is 8.53. The Bertz CT molecular complexity index is 676. The number of halogens is 1. The van der Waals surface area contributed by atoms with Gasteiger partial charge in [0.2, 0.25) is 0 Å². The maximum atomic E-state index is 5.28. The number of nitrogens with one attached hydrogen (secondary N) is 2. The van der Waals surface area contributed by atoms with E-state index in [1.807, 2.05) is 18.2 Å². The summed E-state index contributed by atoms with van der Waals surface area (Å²) >= 11 is 0. The van der Waals surface area contributed by atoms with Crippen molar-refractivity contribution in [3.63, 3.8) is 0 Å². The molecule has 1 atom stereocenters. The van der Waals surface area contributed by atoms with Gasteiger partial charge in [-0.05, 0) is 30.9 Å². The molecule has 8 heteroatoms. The van der Waals surface area contributed by atoms with Crippen LogP contribution in [0, 0.1) is 5.92 Å². The summed E-state index contributed by atoms with van der Waals surface area (Å²) in [6, 6.07) is 5.61. The van der Waals surface area contributed by atoms with Crippen LogP contribution in [-0.2, 0) is 6.42 Å². The van der Waals surface area contributed by atoms with Crippen LogP contribution in [0.1, 0.15) is 51.8 Å². The van der Waals surface area contributed by atoms with Gasteiger partial charge < -0.3 is 15.2 Å². The summed E-state index contributed by atoms with van der Waals surface area (Å²) in [5, 5.41) is 10.8. The fraction of sp³-hybridized carbons (Fsp3) is 0.600. The third-order valence-electron chi connectivity index (χ3n) is 4.44. The average Bonchev–Trinajstić information content (AvgIpc) is 3.18. The molecule has 2 rings (SSSR count). The Balaban J connectivity index is 0.00000392. The number of rotatable bonds is 11. The van der Waals surface area contributed by atoms with Crippen LogP contribution in [0.15, 0.2) is 33.9 Å². The quantitative estimate of drug-likeness (QED) is 0.275. The molecule has 7 nitrogen and oxygen atoms in total. The molecule has 2 heterocycles. The van der Waals surface area contributed by atoms with Crippen LogP contribution in [0.25, 0.3) is 11.6 Å². The molecule has 0 saturated heterocycles. The number of aromatic nitrogens is 3. The van der Waals surface area contributed by atoms with E-state index >= 15 is 0 Å². The van der Waals surface area contributed by atoms with E-state index in [1.54, 1.807) is 13.2 Å². The summed E-state index contributed by atoms with van der Waals surface area (Å²) in [5.41, 5.74) is 0.690. The largest absolute Gasteiger partial charge is 0.356 e. The number of unbranched alkanes of at least 4 members (excludes halogenated alkanes) is 1. The lowest BCUT2D eigenvalue weighted by atomic mass is 9.97. The summed E-state index contributed by atoms with van der Waals surface area (Å²) < 4.78 is 5.28. The summed E-state index contributed by atoms with van der Waals surface area (Å²) in [6.07, 6.45) is 8.65. The molecule has 0 fully saturated rings. The molecule has 0 aromatic carbocycles. The van der Waals surface area contributed by atoms with Gasteiger partial charge in [-0.2, -0.15) is 4.98 Å². The van der Waals surface area contributed by atoms with Crippen molar-refractivity contribution < 1.29 is 4.52 Å². The minimum atomic E-state index is 0. The molecule has 28 heavy (non-hydrogen) atoms. The molecule has 0 aliphatic carbocycles. The first-order chi connectivity index (χ1) is 13.3. The van der Waals surface area contributed by atoms with Gasteiger partial charge in [0, 0.05) is 32.8 Å². The van der Waals surface area contributed by atoms with Crippen molar-refractivity contribution in [3.8, 4) is 11.6 Å². The molecule has 0 bridgehead atoms. The third-order valence-corrected chi connectivity index (χ3v) is 4.44. The Hall–Kier alpha value is -1.71. The number of pyridine rings is 1. The van der Waals surface area contributed by atoms with Crippen molar-refractivity contribution in [2.45, 2.75) is 52.4 Å². The van der Waals surface area contributed by atoms with E-state index in [2.05, 4.69) is 44.6 Å². The predicted octanol–water partition coefficient (Wildman–Crippen LogP) is 4.06. The van der Waals surface area contributed by atoms with Crippen LogP contribution < -0.4 is 10.6 Å². The molecule has 0 spiro atoms. The Morgan fingerprint density at radius 1 is 1.18 bits per heavy atom. The lowest BCUT2D eigenvalue weighted by molar-refractivity contribution is 0.420. The summed E-state index contributed by atoms with van der Waals surface area (Å²) in [7, 11) is 1.80. The second-order valence-corrected chi connectivity index (χ2v) is 6.66. The maximum Gasteiger partial charge on any atom is 0.276 e. The fourth-order valence-electron chi connectivity index (χ4n) is 2.95. The van der Waals surface area contributed by atoms with Crippen LogP contribution in [0.5, 0.6) is 0 Å². The highest BCUT2D eigenvalue weighted by Gasteiger charge is 2.11. The highest BCUT2D eigenvalue weighted by atomic mass is 127. The number of aliphatic imine (C=N–C) groups is 1. The van der Waals surface area contributed by atoms with E-state index in [0.29, 0.717) is 36.3 Å². The van der Waals surface area contributed by atoms with Crippen molar-refractivity contribution in [1.82, 2.24) is 25.8 Å². The van der Waals surface area contributed by atoms with Crippen LogP contribution in [0.3, 0.4) is 0 Å². The normalized spacial score (nSPS) is 12.3. The van der Waals surface area contributed by atoms with E-state index in [4.69, 9.17) is 4.52 Å². The molecule has 0 saturated carbocycles. The molecular weight excluding hydrogens is 467 g/mol. The Morgan fingerprint density at radius 2 is 2.04 bits per heavy atom. The fourth-order valence-corrected chi connectivity index (χ4v) is 2.95. The summed E-state index contributed by atoms with van der Waals surface area (Å²) in [5.74, 6) is 2.63. The van der Waals surface area contributed by atoms with Crippen molar-refractivity contribution in [3.05, 3.63) is 30.2 Å². The molecule has 2 aromatic heterocycles. The predicted molar refractivity (Wildman–Crippen MR) is 124 cm³/mol. The Kier molecular flexibility index (Phi) is 12.4. The average molecular weight is 500 g/mol. The number of guanidine groups is 1. The SMILES string of the molecule is CCCCC(CCC)CNC(=NC)NCCc1noc(-c2ccccn2)n1.I. The van der Waals surface area contributed by atoms with Gasteiger partial charge in [-0.15, -0.1) is 24.0 Å². The molecule has 0 radical (unpaired) electrons. The molecule has 2 N–H and O–H groups in total. The van der Waals surface area contributed by atoms with Crippen LogP contribution in [0.2, 0.25) is 0 Å². The first-order valence-corrected chi connectivity index (χ1v) is 9.95. The zero-order valence-electron chi connectivity index (χ0n) is 17.1. The maximum absolute atomic E-state index is 5.28. The summed E-state index contributed by atoms with van der Waals surface area (Å²) in [6.45, 7) is 6.14. The lowest BCUT2D eigenvalue weighted by Gasteiger charge is -2.18. The second kappa shape index (κ2) is 14.3. The number of nitrogens with zero attached hydrogens (tertiary/aromatic N) is 4. The molecule has 156 valence electrons. The topological polar surface area (TPSA) is 88.2 Å². The standard InChI is InChI=1S/C20H32N6O.HI/c1-4-6-10-16(9-5-2)15-24-20(21-3)23-14-12-18-25-19(27-26-18)17-11-7-8-13-22-17;/h7-8,11,13,16H,4-6,9-10,12,14-15H2,1-3H3,(H2,21,23,24);1H. The first-order valence-electron chi connectivity index (χ1n) is 9.95. The van der Waals surface area contributed by atoms with Crippen molar-refractivity contribution in [1.29, 1.82) is 0 Å². The molecule has 2 aromatic rings. The lowest BCUT2D eigenvalue weighted by Crippen LogP contribution is -2.40. The van der Waals surface area contributed by atoms with Crippen LogP contribution in [0.4, 0.5) is 0 Å². The van der Waals surface area contributed by atoms with E-state index in [1.165, 1.54) is 32.1 Å². The number of hydrogen-bond acceptors (Lipinski definition) is 5. The minimum absolute atomic E-state index is 0. The molecule has 0 amide bonds. The van der Waals surface area contributed by atoms with Gasteiger partial charge >= 0.3 is 0 Å². The highest BCUT2D eigenvalue weighted by molar-refractivity contribution is 14.0. The van der Waals surface area contributed by atoms with Gasteiger partial charge in [0.1, 0.15) is 5.69 Å². The van der Waals surface area contributed by atoms with Gasteiger partial charge in [0.25, 0.3) is 5.89 Å². The van der Waals surface area contributed by atoms with Gasteiger partial charge in [-0.25, -0.2) is 0 Å². The van der Waals surface area contributed by atoms with Crippen LogP contribution in [-0.4, -0.2) is 41.2 Å². The number of hydrogen-bond donors (Lipinski definition) is 2. The highest BCUT2D eigenvalue weighted by Crippen LogP contribution is 2.14. The van der Waals surface area contributed by atoms with Gasteiger partial charge in [-0.3, -0.25) is 9.98 Å². The van der Waals surface area contributed by atoms with Gasteiger partial charge in [0.15, 0.2) is 11.8 Å². The zero-order chi connectivity index (χ0) is 19.3. The first kappa shape index (κ1) is 24.3. The van der Waals surface area contributed by atoms with Gasteiger partial charge in [0.05, 0.1) is 0 Å². The van der Waals surface area contributed by atoms with E-state index < -0.39 is 0 Å². The summed E-state index contributed by atoms with van der Waals surface area (Å²) in [4.78, 5) is 12.9. The van der Waals surface area contributed by atoms with E-state index in [9.17, 15) is 0 Å². The van der Waals surface area contributed by atoms with E-state index in [-0.39, 0.29) is 24.0 Å². The Morgan fingerprint density at radius 3 is 2.71 bits per heavy atom.